The zero-order valence-corrected chi connectivity index (χ0v) is 15.9. The minimum atomic E-state index is -0.329. The summed E-state index contributed by atoms with van der Waals surface area (Å²) < 4.78 is 5.09. The van der Waals surface area contributed by atoms with Gasteiger partial charge in [0.25, 0.3) is 0 Å². The van der Waals surface area contributed by atoms with Crippen LogP contribution in [0.2, 0.25) is 0 Å². The molecule has 0 aromatic rings. The first-order valence-corrected chi connectivity index (χ1v) is 9.80. The van der Waals surface area contributed by atoms with E-state index in [4.69, 9.17) is 4.74 Å². The summed E-state index contributed by atoms with van der Waals surface area (Å²) in [5.74, 6) is 1.05. The predicted molar refractivity (Wildman–Crippen MR) is 97.4 cm³/mol. The maximum absolute atomic E-state index is 13.4. The SMILES string of the molecule is COCC(=O)C1CCC2C3CCC4=CC(=O)C=CC4(C)C3C(=O)CC12C. The number of hydrogen-bond acceptors (Lipinski definition) is 4. The lowest BCUT2D eigenvalue weighted by atomic mass is 9.47. The first-order valence-electron chi connectivity index (χ1n) is 9.80. The molecular formula is C22H28O4. The normalized spacial score (nSPS) is 44.2. The lowest BCUT2D eigenvalue weighted by Gasteiger charge is -2.55. The van der Waals surface area contributed by atoms with Crippen LogP contribution in [0.3, 0.4) is 0 Å². The standard InChI is InChI=1S/C22H28O4/c1-21-9-8-14(23)10-13(21)4-5-15-16-6-7-17(19(25)12-26-3)22(16,2)11-18(24)20(15)21/h8-10,15-17,20H,4-7,11-12H2,1-3H3. The number of fused-ring (bicyclic) bond motifs is 5. The smallest absolute Gasteiger partial charge is 0.178 e. The van der Waals surface area contributed by atoms with Gasteiger partial charge >= 0.3 is 0 Å². The van der Waals surface area contributed by atoms with Crippen LogP contribution in [0.15, 0.2) is 23.8 Å². The third-order valence-electron chi connectivity index (χ3n) is 7.93. The van der Waals surface area contributed by atoms with Crippen LogP contribution in [-0.4, -0.2) is 31.1 Å². The van der Waals surface area contributed by atoms with Crippen LogP contribution in [-0.2, 0) is 19.1 Å². The molecule has 4 aliphatic rings. The maximum Gasteiger partial charge on any atom is 0.178 e. The van der Waals surface area contributed by atoms with E-state index in [2.05, 4.69) is 13.8 Å². The summed E-state index contributed by atoms with van der Waals surface area (Å²) in [7, 11) is 1.56. The Balaban J connectivity index is 1.69. The fourth-order valence-electron chi connectivity index (χ4n) is 6.80. The van der Waals surface area contributed by atoms with Crippen LogP contribution in [0.5, 0.6) is 0 Å². The number of ether oxygens (including phenoxy) is 1. The largest absolute Gasteiger partial charge is 0.377 e. The van der Waals surface area contributed by atoms with Crippen molar-refractivity contribution in [3.63, 3.8) is 0 Å². The van der Waals surface area contributed by atoms with Crippen molar-refractivity contribution in [2.24, 2.45) is 34.5 Å². The molecule has 0 saturated heterocycles. The number of hydrogen-bond donors (Lipinski definition) is 0. The summed E-state index contributed by atoms with van der Waals surface area (Å²) in [5.41, 5.74) is 0.553. The fourth-order valence-corrected chi connectivity index (χ4v) is 6.80. The van der Waals surface area contributed by atoms with Crippen LogP contribution >= 0.6 is 0 Å². The molecule has 0 aromatic carbocycles. The van der Waals surface area contributed by atoms with Crippen molar-refractivity contribution < 1.29 is 19.1 Å². The molecule has 26 heavy (non-hydrogen) atoms. The van der Waals surface area contributed by atoms with Gasteiger partial charge in [-0.25, -0.2) is 0 Å². The van der Waals surface area contributed by atoms with Crippen LogP contribution in [0.1, 0.15) is 46.0 Å². The van der Waals surface area contributed by atoms with E-state index in [1.54, 1.807) is 19.3 Å². The first-order chi connectivity index (χ1) is 12.3. The summed E-state index contributed by atoms with van der Waals surface area (Å²) in [4.78, 5) is 37.8. The summed E-state index contributed by atoms with van der Waals surface area (Å²) in [6, 6.07) is 0. The van der Waals surface area contributed by atoms with Crippen molar-refractivity contribution in [1.29, 1.82) is 0 Å². The van der Waals surface area contributed by atoms with Gasteiger partial charge in [-0.15, -0.1) is 0 Å². The van der Waals surface area contributed by atoms with Gasteiger partial charge in [-0.2, -0.15) is 0 Å². The van der Waals surface area contributed by atoms with E-state index in [9.17, 15) is 14.4 Å². The number of carbonyl (C=O) groups excluding carboxylic acids is 3. The van der Waals surface area contributed by atoms with Crippen LogP contribution < -0.4 is 0 Å². The Morgan fingerprint density at radius 3 is 2.73 bits per heavy atom. The minimum absolute atomic E-state index is 0.0371. The second-order valence-corrected chi connectivity index (χ2v) is 9.15. The molecule has 0 bridgehead atoms. The fraction of sp³-hybridized carbons (Fsp3) is 0.682. The van der Waals surface area contributed by atoms with Gasteiger partial charge in [0.05, 0.1) is 0 Å². The summed E-state index contributed by atoms with van der Waals surface area (Å²) in [6.45, 7) is 4.43. The first kappa shape index (κ1) is 17.8. The number of carbonyl (C=O) groups is 3. The summed E-state index contributed by atoms with van der Waals surface area (Å²) >= 11 is 0. The van der Waals surface area contributed by atoms with Crippen molar-refractivity contribution >= 4 is 17.3 Å². The van der Waals surface area contributed by atoms with E-state index in [0.29, 0.717) is 18.3 Å². The highest BCUT2D eigenvalue weighted by Crippen LogP contribution is 2.64. The Morgan fingerprint density at radius 2 is 2.00 bits per heavy atom. The molecule has 6 atom stereocenters. The van der Waals surface area contributed by atoms with E-state index in [1.165, 1.54) is 0 Å². The van der Waals surface area contributed by atoms with Gasteiger partial charge in [0.2, 0.25) is 0 Å². The number of methoxy groups -OCH3 is 1. The molecule has 0 amide bonds. The Morgan fingerprint density at radius 1 is 1.23 bits per heavy atom. The Kier molecular flexibility index (Phi) is 4.11. The molecule has 0 radical (unpaired) electrons. The number of Topliss-reactive ketones (excluding diaryl/α,β-unsaturated/α-hetero) is 2. The van der Waals surface area contributed by atoms with Crippen LogP contribution in [0.4, 0.5) is 0 Å². The van der Waals surface area contributed by atoms with Gasteiger partial charge in [-0.05, 0) is 55.1 Å². The Labute approximate surface area is 155 Å². The molecular weight excluding hydrogens is 328 g/mol. The third-order valence-corrected chi connectivity index (χ3v) is 7.93. The number of allylic oxidation sites excluding steroid dienone is 4. The van der Waals surface area contributed by atoms with E-state index >= 15 is 0 Å². The topological polar surface area (TPSA) is 60.4 Å². The molecule has 140 valence electrons. The molecule has 3 fully saturated rings. The van der Waals surface area contributed by atoms with Gasteiger partial charge in [0, 0.05) is 30.8 Å². The van der Waals surface area contributed by atoms with Crippen molar-refractivity contribution in [1.82, 2.24) is 0 Å². The van der Waals surface area contributed by atoms with Crippen molar-refractivity contribution in [3.8, 4) is 0 Å². The number of ketones is 3. The van der Waals surface area contributed by atoms with Crippen molar-refractivity contribution in [2.45, 2.75) is 46.0 Å². The second-order valence-electron chi connectivity index (χ2n) is 9.15. The molecule has 0 aromatic heterocycles. The van der Waals surface area contributed by atoms with Gasteiger partial charge < -0.3 is 4.74 Å². The van der Waals surface area contributed by atoms with Gasteiger partial charge in [0.1, 0.15) is 12.4 Å². The second kappa shape index (κ2) is 5.98. The van der Waals surface area contributed by atoms with Gasteiger partial charge in [0.15, 0.2) is 11.6 Å². The molecule has 4 aliphatic carbocycles. The van der Waals surface area contributed by atoms with E-state index in [0.717, 1.165) is 31.3 Å². The lowest BCUT2D eigenvalue weighted by molar-refractivity contribution is -0.146. The molecule has 0 N–H and O–H groups in total. The average molecular weight is 356 g/mol. The summed E-state index contributed by atoms with van der Waals surface area (Å²) in [6.07, 6.45) is 9.54. The Hall–Kier alpha value is -1.55. The molecule has 4 heteroatoms. The lowest BCUT2D eigenvalue weighted by Crippen LogP contribution is -2.54. The predicted octanol–water partition coefficient (Wildman–Crippen LogP) is 3.31. The van der Waals surface area contributed by atoms with E-state index < -0.39 is 0 Å². The molecule has 0 heterocycles. The highest BCUT2D eigenvalue weighted by Gasteiger charge is 2.62. The monoisotopic (exact) mass is 356 g/mol. The van der Waals surface area contributed by atoms with Gasteiger partial charge in [-0.3, -0.25) is 14.4 Å². The zero-order valence-electron chi connectivity index (χ0n) is 15.9. The van der Waals surface area contributed by atoms with E-state index in [1.807, 2.05) is 6.08 Å². The molecule has 0 aliphatic heterocycles. The van der Waals surface area contributed by atoms with Crippen molar-refractivity contribution in [2.75, 3.05) is 13.7 Å². The summed E-state index contributed by atoms with van der Waals surface area (Å²) in [5, 5.41) is 0. The molecule has 0 spiro atoms. The molecule has 4 rings (SSSR count). The van der Waals surface area contributed by atoms with E-state index in [-0.39, 0.29) is 46.6 Å². The third kappa shape index (κ3) is 2.34. The molecule has 4 nitrogen and oxygen atoms in total. The highest BCUT2D eigenvalue weighted by molar-refractivity contribution is 6.01. The quantitative estimate of drug-likeness (QED) is 0.778. The maximum atomic E-state index is 13.4. The Bertz CT molecular complexity index is 732. The van der Waals surface area contributed by atoms with Crippen LogP contribution in [0.25, 0.3) is 0 Å². The van der Waals surface area contributed by atoms with Crippen LogP contribution in [0, 0.1) is 34.5 Å². The molecule has 3 saturated carbocycles. The highest BCUT2D eigenvalue weighted by atomic mass is 16.5. The minimum Gasteiger partial charge on any atom is -0.377 e. The van der Waals surface area contributed by atoms with Gasteiger partial charge in [-0.1, -0.05) is 25.5 Å². The average Bonchev–Trinajstić information content (AvgIpc) is 2.92. The zero-order chi connectivity index (χ0) is 18.7. The van der Waals surface area contributed by atoms with Crippen molar-refractivity contribution in [3.05, 3.63) is 23.8 Å². The molecule has 6 unspecified atom stereocenters. The number of rotatable bonds is 3.